The standard InChI is InChI=1S/C15H11BrFNO3/c1-8-2-5-13(10(6-8)15(20)21)18-14(19)9-3-4-12(17)11(16)7-9/h2-7H,1H3,(H,18,19)(H,20,21). The zero-order valence-electron chi connectivity index (χ0n) is 11.0. The van der Waals surface area contributed by atoms with Gasteiger partial charge in [0.05, 0.1) is 15.7 Å². The van der Waals surface area contributed by atoms with Crippen molar-refractivity contribution in [2.75, 3.05) is 5.32 Å². The molecular weight excluding hydrogens is 341 g/mol. The van der Waals surface area contributed by atoms with Crippen molar-refractivity contribution in [1.82, 2.24) is 0 Å². The number of nitrogens with one attached hydrogen (secondary N) is 1. The number of benzene rings is 2. The summed E-state index contributed by atoms with van der Waals surface area (Å²) in [6.07, 6.45) is 0. The van der Waals surface area contributed by atoms with E-state index in [1.165, 1.54) is 24.3 Å². The first-order chi connectivity index (χ1) is 9.88. The molecule has 0 unspecified atom stereocenters. The molecule has 0 bridgehead atoms. The van der Waals surface area contributed by atoms with E-state index in [0.29, 0.717) is 0 Å². The topological polar surface area (TPSA) is 66.4 Å². The third-order valence-electron chi connectivity index (χ3n) is 2.84. The fourth-order valence-corrected chi connectivity index (χ4v) is 2.15. The van der Waals surface area contributed by atoms with Gasteiger partial charge in [-0.15, -0.1) is 0 Å². The first-order valence-corrected chi connectivity index (χ1v) is 6.78. The molecule has 21 heavy (non-hydrogen) atoms. The number of anilines is 1. The minimum absolute atomic E-state index is 0.00419. The number of amides is 1. The molecule has 1 amide bonds. The fourth-order valence-electron chi connectivity index (χ4n) is 1.78. The van der Waals surface area contributed by atoms with Crippen LogP contribution in [0.15, 0.2) is 40.9 Å². The third kappa shape index (κ3) is 3.46. The quantitative estimate of drug-likeness (QED) is 0.882. The van der Waals surface area contributed by atoms with Gasteiger partial charge in [-0.2, -0.15) is 0 Å². The van der Waals surface area contributed by atoms with Crippen molar-refractivity contribution in [2.45, 2.75) is 6.92 Å². The van der Waals surface area contributed by atoms with Crippen molar-refractivity contribution < 1.29 is 19.1 Å². The molecular formula is C15H11BrFNO3. The van der Waals surface area contributed by atoms with Crippen molar-refractivity contribution >= 4 is 33.5 Å². The number of hydrogen-bond acceptors (Lipinski definition) is 2. The molecule has 0 fully saturated rings. The lowest BCUT2D eigenvalue weighted by Gasteiger charge is -2.09. The Kier molecular flexibility index (Phi) is 4.37. The van der Waals surface area contributed by atoms with Crippen LogP contribution in [-0.4, -0.2) is 17.0 Å². The average molecular weight is 352 g/mol. The van der Waals surface area contributed by atoms with E-state index in [-0.39, 0.29) is 21.3 Å². The highest BCUT2D eigenvalue weighted by atomic mass is 79.9. The number of halogens is 2. The average Bonchev–Trinajstić information content (AvgIpc) is 2.43. The maximum absolute atomic E-state index is 13.1. The van der Waals surface area contributed by atoms with Gasteiger partial charge in [-0.05, 0) is 53.2 Å². The second kappa shape index (κ2) is 6.05. The molecule has 2 aromatic rings. The van der Waals surface area contributed by atoms with E-state index >= 15 is 0 Å². The molecule has 0 aromatic heterocycles. The van der Waals surface area contributed by atoms with Gasteiger partial charge in [-0.3, -0.25) is 4.79 Å². The Balaban J connectivity index is 2.31. The molecule has 108 valence electrons. The van der Waals surface area contributed by atoms with Crippen LogP contribution in [0.2, 0.25) is 0 Å². The van der Waals surface area contributed by atoms with Crippen LogP contribution in [-0.2, 0) is 0 Å². The van der Waals surface area contributed by atoms with Gasteiger partial charge in [-0.25, -0.2) is 9.18 Å². The van der Waals surface area contributed by atoms with E-state index in [2.05, 4.69) is 21.2 Å². The van der Waals surface area contributed by atoms with Crippen LogP contribution in [0.1, 0.15) is 26.3 Å². The SMILES string of the molecule is Cc1ccc(NC(=O)c2ccc(F)c(Br)c2)c(C(=O)O)c1. The number of carboxylic acid groups (broad SMARTS) is 1. The van der Waals surface area contributed by atoms with Crippen LogP contribution in [0.25, 0.3) is 0 Å². The van der Waals surface area contributed by atoms with Gasteiger partial charge in [0, 0.05) is 5.56 Å². The van der Waals surface area contributed by atoms with Crippen molar-refractivity contribution in [3.63, 3.8) is 0 Å². The highest BCUT2D eigenvalue weighted by Gasteiger charge is 2.14. The van der Waals surface area contributed by atoms with Crippen LogP contribution in [0, 0.1) is 12.7 Å². The summed E-state index contributed by atoms with van der Waals surface area (Å²) in [4.78, 5) is 23.3. The molecule has 0 aliphatic rings. The van der Waals surface area contributed by atoms with E-state index in [1.54, 1.807) is 13.0 Å². The van der Waals surface area contributed by atoms with Crippen molar-refractivity contribution in [3.8, 4) is 0 Å². The number of aryl methyl sites for hydroxylation is 1. The monoisotopic (exact) mass is 351 g/mol. The number of rotatable bonds is 3. The Morgan fingerprint density at radius 2 is 1.90 bits per heavy atom. The minimum Gasteiger partial charge on any atom is -0.478 e. The molecule has 2 aromatic carbocycles. The van der Waals surface area contributed by atoms with Crippen molar-refractivity contribution in [3.05, 3.63) is 63.4 Å². The lowest BCUT2D eigenvalue weighted by atomic mass is 10.1. The molecule has 0 heterocycles. The second-order valence-electron chi connectivity index (χ2n) is 4.44. The summed E-state index contributed by atoms with van der Waals surface area (Å²) < 4.78 is 13.3. The Hall–Kier alpha value is -2.21. The number of hydrogen-bond donors (Lipinski definition) is 2. The van der Waals surface area contributed by atoms with E-state index in [1.807, 2.05) is 0 Å². The van der Waals surface area contributed by atoms with Gasteiger partial charge >= 0.3 is 5.97 Å². The van der Waals surface area contributed by atoms with Crippen LogP contribution >= 0.6 is 15.9 Å². The summed E-state index contributed by atoms with van der Waals surface area (Å²) in [5.41, 5.74) is 1.19. The van der Waals surface area contributed by atoms with Crippen LogP contribution < -0.4 is 5.32 Å². The Morgan fingerprint density at radius 1 is 1.19 bits per heavy atom. The van der Waals surface area contributed by atoms with Gasteiger partial charge < -0.3 is 10.4 Å². The molecule has 6 heteroatoms. The van der Waals surface area contributed by atoms with E-state index in [0.717, 1.165) is 11.6 Å². The van der Waals surface area contributed by atoms with Gasteiger partial charge in [0.2, 0.25) is 0 Å². The Bertz CT molecular complexity index is 731. The first kappa shape index (κ1) is 15.2. The molecule has 0 saturated carbocycles. The Morgan fingerprint density at radius 3 is 2.52 bits per heavy atom. The predicted molar refractivity (Wildman–Crippen MR) is 80.2 cm³/mol. The molecule has 4 nitrogen and oxygen atoms in total. The molecule has 0 saturated heterocycles. The number of carboxylic acids is 1. The third-order valence-corrected chi connectivity index (χ3v) is 3.44. The van der Waals surface area contributed by atoms with Crippen LogP contribution in [0.4, 0.5) is 10.1 Å². The lowest BCUT2D eigenvalue weighted by Crippen LogP contribution is -2.15. The summed E-state index contributed by atoms with van der Waals surface area (Å²) in [5.74, 6) is -2.12. The van der Waals surface area contributed by atoms with Gasteiger partial charge in [0.1, 0.15) is 5.82 Å². The van der Waals surface area contributed by atoms with E-state index < -0.39 is 17.7 Å². The largest absolute Gasteiger partial charge is 0.478 e. The highest BCUT2D eigenvalue weighted by molar-refractivity contribution is 9.10. The summed E-state index contributed by atoms with van der Waals surface area (Å²) in [5, 5.41) is 11.7. The minimum atomic E-state index is -1.13. The molecule has 0 aliphatic heterocycles. The summed E-state index contributed by atoms with van der Waals surface area (Å²) >= 11 is 3.00. The zero-order chi connectivity index (χ0) is 15.6. The van der Waals surface area contributed by atoms with Gasteiger partial charge in [0.15, 0.2) is 0 Å². The molecule has 0 radical (unpaired) electrons. The Labute approximate surface area is 128 Å². The maximum atomic E-state index is 13.1. The zero-order valence-corrected chi connectivity index (χ0v) is 12.6. The van der Waals surface area contributed by atoms with Crippen LogP contribution in [0.3, 0.4) is 0 Å². The van der Waals surface area contributed by atoms with Crippen molar-refractivity contribution in [1.29, 1.82) is 0 Å². The lowest BCUT2D eigenvalue weighted by molar-refractivity contribution is 0.0698. The van der Waals surface area contributed by atoms with Gasteiger partial charge in [0.25, 0.3) is 5.91 Å². The molecule has 2 rings (SSSR count). The predicted octanol–water partition coefficient (Wildman–Crippen LogP) is 3.85. The number of carbonyl (C=O) groups is 2. The number of carbonyl (C=O) groups excluding carboxylic acids is 1. The molecule has 0 atom stereocenters. The summed E-state index contributed by atoms with van der Waals surface area (Å²) in [6, 6.07) is 8.51. The molecule has 0 aliphatic carbocycles. The second-order valence-corrected chi connectivity index (χ2v) is 5.29. The number of aromatic carboxylic acids is 1. The normalized spacial score (nSPS) is 10.2. The fraction of sp³-hybridized carbons (Fsp3) is 0.0667. The molecule has 2 N–H and O–H groups in total. The van der Waals surface area contributed by atoms with E-state index in [9.17, 15) is 14.0 Å². The van der Waals surface area contributed by atoms with Gasteiger partial charge in [-0.1, -0.05) is 11.6 Å². The summed E-state index contributed by atoms with van der Waals surface area (Å²) in [6.45, 7) is 1.76. The smallest absolute Gasteiger partial charge is 0.337 e. The highest BCUT2D eigenvalue weighted by Crippen LogP contribution is 2.21. The molecule has 0 spiro atoms. The summed E-state index contributed by atoms with van der Waals surface area (Å²) in [7, 11) is 0. The van der Waals surface area contributed by atoms with E-state index in [4.69, 9.17) is 5.11 Å². The first-order valence-electron chi connectivity index (χ1n) is 5.99. The van der Waals surface area contributed by atoms with Crippen molar-refractivity contribution in [2.24, 2.45) is 0 Å². The maximum Gasteiger partial charge on any atom is 0.337 e. The van der Waals surface area contributed by atoms with Crippen LogP contribution in [0.5, 0.6) is 0 Å².